The van der Waals surface area contributed by atoms with Gasteiger partial charge in [-0.3, -0.25) is 9.59 Å². The van der Waals surface area contributed by atoms with Crippen LogP contribution < -0.4 is 25.8 Å². The first kappa shape index (κ1) is 23.4. The quantitative estimate of drug-likeness (QED) is 0.562. The number of benzene rings is 2. The van der Waals surface area contributed by atoms with Crippen molar-refractivity contribution in [3.8, 4) is 11.5 Å². The standard InChI is InChI=1S/C19H22ClN3O4.ClH/c1-3-22-18(24)11-27-13-6-4-5-12(7-13)10-23-19(25)14-8-15(20)16(21)9-17(14)26-2;/h4-9H,3,10-11,21H2,1-2H3,(H,22,24)(H,23,25);1H. The summed E-state index contributed by atoms with van der Waals surface area (Å²) in [5, 5.41) is 5.73. The first-order valence-electron chi connectivity index (χ1n) is 8.34. The Balaban J connectivity index is 0.00000392. The molecule has 0 aliphatic carbocycles. The molecule has 0 aliphatic heterocycles. The Bertz CT molecular complexity index is 831. The van der Waals surface area contributed by atoms with E-state index in [1.807, 2.05) is 13.0 Å². The molecule has 0 spiro atoms. The van der Waals surface area contributed by atoms with Gasteiger partial charge in [0, 0.05) is 19.2 Å². The van der Waals surface area contributed by atoms with Crippen molar-refractivity contribution in [2.24, 2.45) is 0 Å². The predicted octanol–water partition coefficient (Wildman–Crippen LogP) is 2.80. The van der Waals surface area contributed by atoms with Crippen molar-refractivity contribution in [2.45, 2.75) is 13.5 Å². The highest BCUT2D eigenvalue weighted by molar-refractivity contribution is 6.33. The number of anilines is 1. The minimum absolute atomic E-state index is 0. The molecule has 0 unspecified atom stereocenters. The van der Waals surface area contributed by atoms with Gasteiger partial charge in [-0.15, -0.1) is 12.4 Å². The number of hydrogen-bond donors (Lipinski definition) is 3. The van der Waals surface area contributed by atoms with Crippen molar-refractivity contribution >= 4 is 41.5 Å². The van der Waals surface area contributed by atoms with E-state index in [0.29, 0.717) is 29.3 Å². The Kier molecular flexibility index (Phi) is 9.41. The Hall–Kier alpha value is -2.64. The van der Waals surface area contributed by atoms with E-state index in [4.69, 9.17) is 26.8 Å². The second-order valence-electron chi connectivity index (χ2n) is 5.65. The largest absolute Gasteiger partial charge is 0.496 e. The summed E-state index contributed by atoms with van der Waals surface area (Å²) < 4.78 is 10.6. The normalized spacial score (nSPS) is 9.82. The molecule has 2 aromatic rings. The van der Waals surface area contributed by atoms with E-state index in [2.05, 4.69) is 10.6 Å². The molecule has 2 aromatic carbocycles. The summed E-state index contributed by atoms with van der Waals surface area (Å²) in [5.41, 5.74) is 7.17. The zero-order valence-electron chi connectivity index (χ0n) is 15.6. The van der Waals surface area contributed by atoms with Crippen LogP contribution in [0, 0.1) is 0 Å². The first-order chi connectivity index (χ1) is 12.9. The lowest BCUT2D eigenvalue weighted by Gasteiger charge is -2.12. The maximum atomic E-state index is 12.5. The number of rotatable bonds is 8. The minimum atomic E-state index is -0.345. The topological polar surface area (TPSA) is 103 Å². The molecule has 0 saturated carbocycles. The van der Waals surface area contributed by atoms with Crippen LogP contribution in [0.3, 0.4) is 0 Å². The average molecular weight is 428 g/mol. The fourth-order valence-corrected chi connectivity index (χ4v) is 2.50. The number of nitrogen functional groups attached to an aromatic ring is 1. The third kappa shape index (κ3) is 6.51. The summed E-state index contributed by atoms with van der Waals surface area (Å²) in [4.78, 5) is 23.9. The van der Waals surface area contributed by atoms with Crippen LogP contribution in [0.1, 0.15) is 22.8 Å². The Morgan fingerprint density at radius 2 is 1.93 bits per heavy atom. The number of amides is 2. The monoisotopic (exact) mass is 427 g/mol. The molecule has 0 radical (unpaired) electrons. The lowest BCUT2D eigenvalue weighted by molar-refractivity contribution is -0.122. The van der Waals surface area contributed by atoms with Gasteiger partial charge < -0.3 is 25.8 Å². The van der Waals surface area contributed by atoms with E-state index in [1.165, 1.54) is 19.2 Å². The lowest BCUT2D eigenvalue weighted by Crippen LogP contribution is -2.28. The second-order valence-corrected chi connectivity index (χ2v) is 6.05. The Morgan fingerprint density at radius 3 is 2.61 bits per heavy atom. The molecule has 7 nitrogen and oxygen atoms in total. The molecule has 4 N–H and O–H groups in total. The van der Waals surface area contributed by atoms with Crippen LogP contribution >= 0.6 is 24.0 Å². The average Bonchev–Trinajstić information content (AvgIpc) is 2.66. The fraction of sp³-hybridized carbons (Fsp3) is 0.263. The number of likely N-dealkylation sites (N-methyl/N-ethyl adjacent to an activating group) is 1. The molecule has 0 aromatic heterocycles. The van der Waals surface area contributed by atoms with E-state index in [1.54, 1.807) is 18.2 Å². The van der Waals surface area contributed by atoms with Gasteiger partial charge in [-0.25, -0.2) is 0 Å². The smallest absolute Gasteiger partial charge is 0.257 e. The molecule has 152 valence electrons. The Morgan fingerprint density at radius 1 is 1.18 bits per heavy atom. The molecule has 0 bridgehead atoms. The Labute approximate surface area is 174 Å². The van der Waals surface area contributed by atoms with Gasteiger partial charge in [-0.1, -0.05) is 23.7 Å². The van der Waals surface area contributed by atoms with Gasteiger partial charge in [0.05, 0.1) is 23.4 Å². The van der Waals surface area contributed by atoms with Gasteiger partial charge in [0.2, 0.25) is 0 Å². The molecular weight excluding hydrogens is 405 g/mol. The van der Waals surface area contributed by atoms with E-state index in [0.717, 1.165) is 5.56 Å². The first-order valence-corrected chi connectivity index (χ1v) is 8.72. The zero-order valence-corrected chi connectivity index (χ0v) is 17.2. The summed E-state index contributed by atoms with van der Waals surface area (Å²) >= 11 is 6.00. The van der Waals surface area contributed by atoms with Gasteiger partial charge in [0.25, 0.3) is 11.8 Å². The van der Waals surface area contributed by atoms with Crippen molar-refractivity contribution in [1.29, 1.82) is 0 Å². The van der Waals surface area contributed by atoms with Crippen LogP contribution in [0.2, 0.25) is 5.02 Å². The third-order valence-electron chi connectivity index (χ3n) is 3.66. The van der Waals surface area contributed by atoms with Crippen LogP contribution in [0.25, 0.3) is 0 Å². The SMILES string of the molecule is CCNC(=O)COc1cccc(CNC(=O)c2cc(Cl)c(N)cc2OC)c1.Cl. The van der Waals surface area contributed by atoms with Gasteiger partial charge in [0.1, 0.15) is 11.5 Å². The van der Waals surface area contributed by atoms with Crippen LogP contribution in [0.4, 0.5) is 5.69 Å². The number of methoxy groups -OCH3 is 1. The van der Waals surface area contributed by atoms with E-state index < -0.39 is 0 Å². The number of ether oxygens (including phenoxy) is 2. The molecule has 28 heavy (non-hydrogen) atoms. The second kappa shape index (κ2) is 11.3. The van der Waals surface area contributed by atoms with E-state index in [9.17, 15) is 9.59 Å². The molecular formula is C19H23Cl2N3O4. The predicted molar refractivity (Wildman–Crippen MR) is 111 cm³/mol. The van der Waals surface area contributed by atoms with Crippen molar-refractivity contribution < 1.29 is 19.1 Å². The van der Waals surface area contributed by atoms with Crippen molar-refractivity contribution in [3.63, 3.8) is 0 Å². The zero-order chi connectivity index (χ0) is 19.8. The highest BCUT2D eigenvalue weighted by Crippen LogP contribution is 2.28. The van der Waals surface area contributed by atoms with Crippen molar-refractivity contribution in [2.75, 3.05) is 26.0 Å². The summed E-state index contributed by atoms with van der Waals surface area (Å²) in [6.45, 7) is 2.59. The molecule has 0 saturated heterocycles. The van der Waals surface area contributed by atoms with E-state index in [-0.39, 0.29) is 42.4 Å². The molecule has 9 heteroatoms. The lowest BCUT2D eigenvalue weighted by atomic mass is 10.1. The minimum Gasteiger partial charge on any atom is -0.496 e. The van der Waals surface area contributed by atoms with Crippen LogP contribution in [0.5, 0.6) is 11.5 Å². The molecule has 0 heterocycles. The summed E-state index contributed by atoms with van der Waals surface area (Å²) in [7, 11) is 1.45. The summed E-state index contributed by atoms with van der Waals surface area (Å²) in [5.74, 6) is 0.348. The van der Waals surface area contributed by atoms with E-state index >= 15 is 0 Å². The number of carbonyl (C=O) groups excluding carboxylic acids is 2. The third-order valence-corrected chi connectivity index (χ3v) is 3.99. The molecule has 0 aliphatic rings. The van der Waals surface area contributed by atoms with Crippen LogP contribution in [-0.4, -0.2) is 32.1 Å². The van der Waals surface area contributed by atoms with Gasteiger partial charge in [0.15, 0.2) is 6.61 Å². The molecule has 0 atom stereocenters. The highest BCUT2D eigenvalue weighted by atomic mass is 35.5. The van der Waals surface area contributed by atoms with Crippen LogP contribution in [0.15, 0.2) is 36.4 Å². The summed E-state index contributed by atoms with van der Waals surface area (Å²) in [6.07, 6.45) is 0. The maximum absolute atomic E-state index is 12.5. The van der Waals surface area contributed by atoms with Crippen molar-refractivity contribution in [3.05, 3.63) is 52.5 Å². The maximum Gasteiger partial charge on any atom is 0.257 e. The number of nitrogens with one attached hydrogen (secondary N) is 2. The number of carbonyl (C=O) groups is 2. The van der Waals surface area contributed by atoms with Crippen molar-refractivity contribution in [1.82, 2.24) is 10.6 Å². The highest BCUT2D eigenvalue weighted by Gasteiger charge is 2.15. The van der Waals surface area contributed by atoms with Crippen LogP contribution in [-0.2, 0) is 11.3 Å². The van der Waals surface area contributed by atoms with Gasteiger partial charge in [-0.2, -0.15) is 0 Å². The summed E-state index contributed by atoms with van der Waals surface area (Å²) in [6, 6.07) is 10.1. The molecule has 2 rings (SSSR count). The number of hydrogen-bond acceptors (Lipinski definition) is 5. The fourth-order valence-electron chi connectivity index (χ4n) is 2.34. The van der Waals surface area contributed by atoms with Gasteiger partial charge >= 0.3 is 0 Å². The van der Waals surface area contributed by atoms with Gasteiger partial charge in [-0.05, 0) is 30.7 Å². The number of nitrogens with two attached hydrogens (primary N) is 1. The number of halogens is 2. The molecule has 2 amide bonds. The molecule has 0 fully saturated rings.